The number of fused-ring (bicyclic) bond motifs is 3. The zero-order valence-corrected chi connectivity index (χ0v) is 12.1. The van der Waals surface area contributed by atoms with Gasteiger partial charge in [-0.1, -0.05) is 48.5 Å². The van der Waals surface area contributed by atoms with Crippen molar-refractivity contribution in [2.75, 3.05) is 11.4 Å². The molecule has 1 amide bonds. The van der Waals surface area contributed by atoms with Gasteiger partial charge in [0.05, 0.1) is 6.04 Å². The maximum absolute atomic E-state index is 12.8. The second-order valence-electron chi connectivity index (χ2n) is 5.85. The van der Waals surface area contributed by atoms with Crippen LogP contribution < -0.4 is 4.90 Å². The summed E-state index contributed by atoms with van der Waals surface area (Å²) in [6, 6.07) is 18.8. The van der Waals surface area contributed by atoms with E-state index in [1.165, 1.54) is 16.8 Å². The number of benzene rings is 2. The predicted octanol–water partition coefficient (Wildman–Crippen LogP) is 2.98. The quantitative estimate of drug-likeness (QED) is 0.788. The Morgan fingerprint density at radius 3 is 2.57 bits per heavy atom. The molecule has 0 spiro atoms. The largest absolute Gasteiger partial charge is 0.355 e. The first-order valence-electron chi connectivity index (χ1n) is 7.45. The van der Waals surface area contributed by atoms with Gasteiger partial charge in [0.15, 0.2) is 0 Å². The van der Waals surface area contributed by atoms with Crippen LogP contribution in [0.25, 0.3) is 0 Å². The van der Waals surface area contributed by atoms with Crippen LogP contribution in [0.15, 0.2) is 54.6 Å². The number of anilines is 1. The standard InChI is InChI=1S/C18H18N2O/c1-13(14-7-3-2-4-8-14)19-11-15-9-5-6-10-16(15)20-12-17(20)18(19)21/h2-10,13,17H,11-12H2,1H3/t13-,17-,20?/m0/s1. The summed E-state index contributed by atoms with van der Waals surface area (Å²) in [5.74, 6) is 0.252. The number of carbonyl (C=O) groups excluding carboxylic acids is 1. The van der Waals surface area contributed by atoms with Crippen LogP contribution >= 0.6 is 0 Å². The van der Waals surface area contributed by atoms with Crippen LogP contribution in [0.1, 0.15) is 24.1 Å². The first-order valence-corrected chi connectivity index (χ1v) is 7.45. The Hall–Kier alpha value is -2.29. The highest BCUT2D eigenvalue weighted by molar-refractivity contribution is 5.93. The zero-order valence-electron chi connectivity index (χ0n) is 12.1. The summed E-state index contributed by atoms with van der Waals surface area (Å²) < 4.78 is 0. The minimum absolute atomic E-state index is 0.0415. The van der Waals surface area contributed by atoms with Gasteiger partial charge < -0.3 is 9.80 Å². The molecular weight excluding hydrogens is 260 g/mol. The fraction of sp³-hybridized carbons (Fsp3) is 0.278. The Bertz CT molecular complexity index is 683. The van der Waals surface area contributed by atoms with Crippen molar-refractivity contribution < 1.29 is 4.79 Å². The first kappa shape index (κ1) is 12.5. The maximum Gasteiger partial charge on any atom is 0.247 e. The van der Waals surface area contributed by atoms with Crippen molar-refractivity contribution in [2.45, 2.75) is 25.6 Å². The van der Waals surface area contributed by atoms with Crippen LogP contribution in [-0.2, 0) is 11.3 Å². The SMILES string of the molecule is C[C@@H](c1ccccc1)N1Cc2ccccc2N2C[C@H]2C1=O. The Morgan fingerprint density at radius 1 is 1.05 bits per heavy atom. The lowest BCUT2D eigenvalue weighted by molar-refractivity contribution is -0.133. The normalized spacial score (nSPS) is 21.4. The molecule has 3 heteroatoms. The maximum atomic E-state index is 12.8. The summed E-state index contributed by atoms with van der Waals surface area (Å²) in [4.78, 5) is 17.0. The number of hydrogen-bond acceptors (Lipinski definition) is 2. The molecule has 2 aromatic rings. The van der Waals surface area contributed by atoms with Crippen LogP contribution in [-0.4, -0.2) is 23.4 Å². The van der Waals surface area contributed by atoms with E-state index in [0.29, 0.717) is 6.54 Å². The Labute approximate surface area is 124 Å². The summed E-state index contributed by atoms with van der Waals surface area (Å²) in [6.45, 7) is 3.67. The van der Waals surface area contributed by atoms with Crippen molar-refractivity contribution in [1.82, 2.24) is 4.90 Å². The third-order valence-electron chi connectivity index (χ3n) is 4.57. The highest BCUT2D eigenvalue weighted by atomic mass is 16.2. The predicted molar refractivity (Wildman–Crippen MR) is 83.0 cm³/mol. The molecule has 2 aliphatic heterocycles. The summed E-state index contributed by atoms with van der Waals surface area (Å²) in [5, 5.41) is 0. The van der Waals surface area contributed by atoms with Crippen LogP contribution in [0.5, 0.6) is 0 Å². The number of carbonyl (C=O) groups is 1. The van der Waals surface area contributed by atoms with Crippen LogP contribution in [0.4, 0.5) is 5.69 Å². The third-order valence-corrected chi connectivity index (χ3v) is 4.57. The lowest BCUT2D eigenvalue weighted by atomic mass is 10.1. The molecule has 3 nitrogen and oxygen atoms in total. The van der Waals surface area contributed by atoms with Gasteiger partial charge in [-0.3, -0.25) is 4.79 Å². The monoisotopic (exact) mass is 278 g/mol. The molecule has 1 fully saturated rings. The van der Waals surface area contributed by atoms with Gasteiger partial charge in [-0.25, -0.2) is 0 Å². The van der Waals surface area contributed by atoms with E-state index in [1.54, 1.807) is 0 Å². The summed E-state index contributed by atoms with van der Waals surface area (Å²) in [7, 11) is 0. The van der Waals surface area contributed by atoms with Crippen molar-refractivity contribution in [3.8, 4) is 0 Å². The molecule has 0 aromatic heterocycles. The zero-order chi connectivity index (χ0) is 14.4. The van der Waals surface area contributed by atoms with E-state index in [1.807, 2.05) is 23.1 Å². The molecule has 0 aliphatic carbocycles. The van der Waals surface area contributed by atoms with E-state index in [-0.39, 0.29) is 18.0 Å². The van der Waals surface area contributed by atoms with Crippen molar-refractivity contribution >= 4 is 11.6 Å². The van der Waals surface area contributed by atoms with Crippen molar-refractivity contribution in [1.29, 1.82) is 0 Å². The molecule has 0 unspecified atom stereocenters. The van der Waals surface area contributed by atoms with E-state index in [9.17, 15) is 4.79 Å². The van der Waals surface area contributed by atoms with Gasteiger partial charge in [0.25, 0.3) is 0 Å². The van der Waals surface area contributed by atoms with Gasteiger partial charge in [0.2, 0.25) is 5.91 Å². The van der Waals surface area contributed by atoms with E-state index < -0.39 is 0 Å². The second-order valence-corrected chi connectivity index (χ2v) is 5.85. The summed E-state index contributed by atoms with van der Waals surface area (Å²) >= 11 is 0. The van der Waals surface area contributed by atoms with E-state index >= 15 is 0 Å². The molecule has 0 N–H and O–H groups in total. The summed E-state index contributed by atoms with van der Waals surface area (Å²) in [5.41, 5.74) is 3.66. The van der Waals surface area contributed by atoms with Gasteiger partial charge >= 0.3 is 0 Å². The highest BCUT2D eigenvalue weighted by Gasteiger charge is 2.47. The molecule has 2 aliphatic rings. The fourth-order valence-electron chi connectivity index (χ4n) is 3.23. The van der Waals surface area contributed by atoms with Crippen LogP contribution in [0.2, 0.25) is 0 Å². The third kappa shape index (κ3) is 2.00. The lowest BCUT2D eigenvalue weighted by Gasteiger charge is -2.28. The number of hydrogen-bond donors (Lipinski definition) is 0. The highest BCUT2D eigenvalue weighted by Crippen LogP contribution is 2.38. The molecule has 21 heavy (non-hydrogen) atoms. The smallest absolute Gasteiger partial charge is 0.247 e. The number of amides is 1. The molecular formula is C18H18N2O. The molecule has 1 saturated heterocycles. The number of para-hydroxylation sites is 1. The molecule has 2 heterocycles. The van der Waals surface area contributed by atoms with Gasteiger partial charge in [0, 0.05) is 18.8 Å². The lowest BCUT2D eigenvalue weighted by Crippen LogP contribution is -2.35. The molecule has 0 bridgehead atoms. The van der Waals surface area contributed by atoms with Gasteiger partial charge in [-0.15, -0.1) is 0 Å². The second kappa shape index (κ2) is 4.62. The van der Waals surface area contributed by atoms with Crippen LogP contribution in [0.3, 0.4) is 0 Å². The van der Waals surface area contributed by atoms with Gasteiger partial charge in [-0.2, -0.15) is 0 Å². The van der Waals surface area contributed by atoms with Gasteiger partial charge in [0.1, 0.15) is 6.04 Å². The molecule has 4 rings (SSSR count). The molecule has 0 saturated carbocycles. The Balaban J connectivity index is 1.71. The minimum Gasteiger partial charge on any atom is -0.355 e. The first-order chi connectivity index (χ1) is 10.3. The summed E-state index contributed by atoms with van der Waals surface area (Å²) in [6.07, 6.45) is 0. The molecule has 2 aromatic carbocycles. The van der Waals surface area contributed by atoms with Crippen molar-refractivity contribution in [3.05, 3.63) is 65.7 Å². The van der Waals surface area contributed by atoms with E-state index in [4.69, 9.17) is 0 Å². The van der Waals surface area contributed by atoms with Gasteiger partial charge in [-0.05, 0) is 24.1 Å². The fourth-order valence-corrected chi connectivity index (χ4v) is 3.23. The average Bonchev–Trinajstić information content (AvgIpc) is 3.33. The molecule has 0 radical (unpaired) electrons. The number of nitrogens with zero attached hydrogens (tertiary/aromatic N) is 2. The minimum atomic E-state index is 0.0415. The number of rotatable bonds is 2. The average molecular weight is 278 g/mol. The topological polar surface area (TPSA) is 23.3 Å². The Morgan fingerprint density at radius 2 is 1.76 bits per heavy atom. The Kier molecular flexibility index (Phi) is 2.74. The molecule has 106 valence electrons. The van der Waals surface area contributed by atoms with Crippen LogP contribution in [0, 0.1) is 0 Å². The van der Waals surface area contributed by atoms with Crippen molar-refractivity contribution in [2.24, 2.45) is 0 Å². The van der Waals surface area contributed by atoms with Crippen molar-refractivity contribution in [3.63, 3.8) is 0 Å². The van der Waals surface area contributed by atoms with E-state index in [0.717, 1.165) is 6.54 Å². The molecule has 2 atom stereocenters. The van der Waals surface area contributed by atoms with E-state index in [2.05, 4.69) is 48.2 Å².